The van der Waals surface area contributed by atoms with E-state index in [-0.39, 0.29) is 13.5 Å². The maximum atomic E-state index is 9.67. The largest absolute Gasteiger partial charge is 0.379 e. The van der Waals surface area contributed by atoms with E-state index >= 15 is 0 Å². The average molecular weight is 384 g/mol. The van der Waals surface area contributed by atoms with Gasteiger partial charge in [0.15, 0.2) is 0 Å². The third kappa shape index (κ3) is 5.38. The van der Waals surface area contributed by atoms with Crippen molar-refractivity contribution in [2.45, 2.75) is 6.68 Å². The zero-order chi connectivity index (χ0) is 18.4. The number of hydrogen-bond donors (Lipinski definition) is 0. The van der Waals surface area contributed by atoms with Gasteiger partial charge in [-0.05, 0) is 39.1 Å². The summed E-state index contributed by atoms with van der Waals surface area (Å²) in [4.78, 5) is 0. The number of hydrogen-bond acceptors (Lipinski definition) is 0. The lowest BCUT2D eigenvalue weighted by Crippen LogP contribution is -1.85. The Labute approximate surface area is 163 Å². The van der Waals surface area contributed by atoms with Gasteiger partial charge in [-0.15, -0.1) is 0 Å². The Morgan fingerprint density at radius 2 is 0.963 bits per heavy atom. The van der Waals surface area contributed by atoms with Crippen molar-refractivity contribution in [2.24, 2.45) is 0 Å². The Hall–Kier alpha value is -2.72. The van der Waals surface area contributed by atoms with Crippen molar-refractivity contribution in [1.29, 1.82) is 0 Å². The number of alkyl halides is 3. The third-order valence-electron chi connectivity index (χ3n) is 4.07. The van der Waals surface area contributed by atoms with E-state index in [1.807, 2.05) is 0 Å². The summed E-state index contributed by atoms with van der Waals surface area (Å²) in [6, 6.07) is 34.4. The highest BCUT2D eigenvalue weighted by molar-refractivity contribution is 7.59. The monoisotopic (exact) mass is 384 g/mol. The van der Waals surface area contributed by atoms with E-state index in [9.17, 15) is 13.2 Å². The SMILES string of the molecule is FC(F)F.S.c1ccc(-c2ccccc2-c2ccc3ccccc3c2)cc1. The van der Waals surface area contributed by atoms with Gasteiger partial charge in [-0.3, -0.25) is 0 Å². The van der Waals surface area contributed by atoms with Crippen molar-refractivity contribution >= 4 is 24.3 Å². The molecule has 0 unspecified atom stereocenters. The molecule has 0 aliphatic carbocycles. The van der Waals surface area contributed by atoms with Crippen molar-refractivity contribution in [3.05, 3.63) is 97.1 Å². The van der Waals surface area contributed by atoms with E-state index in [0.717, 1.165) is 0 Å². The van der Waals surface area contributed by atoms with E-state index in [1.54, 1.807) is 0 Å². The molecule has 4 aromatic rings. The summed E-state index contributed by atoms with van der Waals surface area (Å²) < 4.78 is 29.0. The number of halogens is 3. The van der Waals surface area contributed by atoms with Crippen LogP contribution >= 0.6 is 13.5 Å². The standard InChI is InChI=1S/C22H16.CHF3.H2S/c1-2-9-18(10-3-1)21-12-6-7-13-22(21)20-15-14-17-8-4-5-11-19(17)16-20;2-1(3)4;/h1-16H;1H;1H2. The Morgan fingerprint density at radius 3 is 1.59 bits per heavy atom. The molecule has 0 saturated heterocycles. The van der Waals surface area contributed by atoms with Crippen LogP contribution in [0, 0.1) is 0 Å². The molecular formula is C23H19F3S. The fourth-order valence-corrected chi connectivity index (χ4v) is 2.96. The quantitative estimate of drug-likeness (QED) is 0.336. The lowest BCUT2D eigenvalue weighted by Gasteiger charge is -2.11. The van der Waals surface area contributed by atoms with Gasteiger partial charge in [0.1, 0.15) is 0 Å². The minimum atomic E-state index is -3.67. The van der Waals surface area contributed by atoms with Crippen LogP contribution in [0.15, 0.2) is 97.1 Å². The summed E-state index contributed by atoms with van der Waals surface area (Å²) in [5.74, 6) is 0. The van der Waals surface area contributed by atoms with Gasteiger partial charge in [0.2, 0.25) is 0 Å². The van der Waals surface area contributed by atoms with Crippen LogP contribution in [0.5, 0.6) is 0 Å². The van der Waals surface area contributed by atoms with Crippen LogP contribution in [-0.2, 0) is 0 Å². The van der Waals surface area contributed by atoms with Crippen molar-refractivity contribution in [2.75, 3.05) is 0 Å². The Kier molecular flexibility index (Phi) is 7.50. The molecule has 4 aromatic carbocycles. The average Bonchev–Trinajstić information content (AvgIpc) is 2.68. The molecule has 0 spiro atoms. The predicted octanol–water partition coefficient (Wildman–Crippen LogP) is 7.47. The van der Waals surface area contributed by atoms with Gasteiger partial charge in [-0.1, -0.05) is 91.0 Å². The second kappa shape index (κ2) is 9.83. The molecule has 0 N–H and O–H groups in total. The third-order valence-corrected chi connectivity index (χ3v) is 4.07. The Balaban J connectivity index is 0.000000479. The summed E-state index contributed by atoms with van der Waals surface area (Å²) in [6.45, 7) is -3.67. The maximum absolute atomic E-state index is 9.67. The van der Waals surface area contributed by atoms with Crippen LogP contribution in [0.3, 0.4) is 0 Å². The highest BCUT2D eigenvalue weighted by atomic mass is 32.1. The molecule has 0 atom stereocenters. The first kappa shape index (κ1) is 20.6. The minimum absolute atomic E-state index is 0. The van der Waals surface area contributed by atoms with Crippen LogP contribution in [-0.4, -0.2) is 6.68 Å². The summed E-state index contributed by atoms with van der Waals surface area (Å²) in [5, 5.41) is 2.56. The second-order valence-corrected chi connectivity index (χ2v) is 5.72. The van der Waals surface area contributed by atoms with Gasteiger partial charge >= 0.3 is 6.68 Å². The molecule has 4 heteroatoms. The van der Waals surface area contributed by atoms with Crippen LogP contribution in [0.1, 0.15) is 0 Å². The van der Waals surface area contributed by atoms with E-state index < -0.39 is 6.68 Å². The molecule has 4 rings (SSSR count). The molecular weight excluding hydrogens is 365 g/mol. The Bertz CT molecular complexity index is 982. The fraction of sp³-hybridized carbons (Fsp3) is 0.0435. The topological polar surface area (TPSA) is 0 Å². The fourth-order valence-electron chi connectivity index (χ4n) is 2.96. The van der Waals surface area contributed by atoms with Gasteiger partial charge in [-0.25, -0.2) is 0 Å². The summed E-state index contributed by atoms with van der Waals surface area (Å²) >= 11 is 0. The predicted molar refractivity (Wildman–Crippen MR) is 112 cm³/mol. The van der Waals surface area contributed by atoms with Gasteiger partial charge in [0.05, 0.1) is 0 Å². The molecule has 0 aliphatic rings. The van der Waals surface area contributed by atoms with Crippen LogP contribution in [0.25, 0.3) is 33.0 Å². The summed E-state index contributed by atoms with van der Waals surface area (Å²) in [6.07, 6.45) is 0. The second-order valence-electron chi connectivity index (χ2n) is 5.72. The molecule has 0 radical (unpaired) electrons. The molecule has 0 heterocycles. The summed E-state index contributed by atoms with van der Waals surface area (Å²) in [5.41, 5.74) is 5.07. The molecule has 0 saturated carbocycles. The minimum Gasteiger partial charge on any atom is -0.197 e. The van der Waals surface area contributed by atoms with Gasteiger partial charge in [-0.2, -0.15) is 26.7 Å². The van der Waals surface area contributed by atoms with Crippen LogP contribution in [0.2, 0.25) is 0 Å². The molecule has 0 aromatic heterocycles. The first-order valence-electron chi connectivity index (χ1n) is 8.21. The molecule has 0 aliphatic heterocycles. The van der Waals surface area contributed by atoms with Gasteiger partial charge in [0, 0.05) is 0 Å². The van der Waals surface area contributed by atoms with E-state index in [2.05, 4.69) is 97.1 Å². The van der Waals surface area contributed by atoms with E-state index in [1.165, 1.54) is 33.0 Å². The van der Waals surface area contributed by atoms with Crippen LogP contribution in [0.4, 0.5) is 13.2 Å². The molecule has 0 fully saturated rings. The van der Waals surface area contributed by atoms with Crippen molar-refractivity contribution in [1.82, 2.24) is 0 Å². The van der Waals surface area contributed by atoms with E-state index in [0.29, 0.717) is 0 Å². The molecule has 138 valence electrons. The molecule has 0 amide bonds. The highest BCUT2D eigenvalue weighted by Gasteiger charge is 2.07. The van der Waals surface area contributed by atoms with Gasteiger partial charge in [0.25, 0.3) is 0 Å². The van der Waals surface area contributed by atoms with Gasteiger partial charge < -0.3 is 0 Å². The van der Waals surface area contributed by atoms with E-state index in [4.69, 9.17) is 0 Å². The molecule has 0 nitrogen and oxygen atoms in total. The summed E-state index contributed by atoms with van der Waals surface area (Å²) in [7, 11) is 0. The molecule has 0 bridgehead atoms. The zero-order valence-corrected chi connectivity index (χ0v) is 15.4. The lowest BCUT2D eigenvalue weighted by atomic mass is 9.93. The van der Waals surface area contributed by atoms with Crippen molar-refractivity contribution in [3.63, 3.8) is 0 Å². The number of rotatable bonds is 2. The highest BCUT2D eigenvalue weighted by Crippen LogP contribution is 2.33. The number of fused-ring (bicyclic) bond motifs is 1. The maximum Gasteiger partial charge on any atom is 0.379 e. The zero-order valence-electron chi connectivity index (χ0n) is 14.4. The normalized spacial score (nSPS) is 10.1. The number of benzene rings is 4. The first-order valence-corrected chi connectivity index (χ1v) is 8.21. The van der Waals surface area contributed by atoms with Crippen LogP contribution < -0.4 is 0 Å². The van der Waals surface area contributed by atoms with Crippen molar-refractivity contribution in [3.8, 4) is 22.3 Å². The lowest BCUT2D eigenvalue weighted by molar-refractivity contribution is 0.00819. The molecule has 27 heavy (non-hydrogen) atoms. The Morgan fingerprint density at radius 1 is 0.481 bits per heavy atom. The smallest absolute Gasteiger partial charge is 0.197 e. The van der Waals surface area contributed by atoms with Crippen molar-refractivity contribution < 1.29 is 13.2 Å². The first-order chi connectivity index (χ1) is 12.6.